The van der Waals surface area contributed by atoms with Crippen LogP contribution in [0.15, 0.2) is 59.4 Å². The van der Waals surface area contributed by atoms with Crippen LogP contribution < -0.4 is 10.9 Å². The first-order valence-electron chi connectivity index (χ1n) is 9.46. The Hall–Kier alpha value is -3.78. The predicted octanol–water partition coefficient (Wildman–Crippen LogP) is 3.36. The van der Waals surface area contributed by atoms with E-state index < -0.39 is 0 Å². The number of aromatic nitrogens is 4. The number of benzene rings is 2. The molecule has 1 N–H and O–H groups in total. The van der Waals surface area contributed by atoms with Crippen LogP contribution in [0.3, 0.4) is 0 Å². The van der Waals surface area contributed by atoms with Crippen LogP contribution in [0.5, 0.6) is 0 Å². The summed E-state index contributed by atoms with van der Waals surface area (Å²) < 4.78 is 2.74. The van der Waals surface area contributed by atoms with Gasteiger partial charge in [0.05, 0.1) is 5.02 Å². The molecule has 0 atom stereocenters. The highest BCUT2D eigenvalue weighted by Gasteiger charge is 2.17. The molecular weight excluding hydrogens is 418 g/mol. The fraction of sp³-hybridized carbons (Fsp3) is 0.136. The zero-order valence-corrected chi connectivity index (χ0v) is 17.6. The van der Waals surface area contributed by atoms with Gasteiger partial charge in [0, 0.05) is 28.6 Å². The summed E-state index contributed by atoms with van der Waals surface area (Å²) in [4.78, 5) is 41.2. The number of fused-ring (bicyclic) bond motifs is 1. The number of carbonyl (C=O) groups is 2. The standard InChI is InChI=1S/C22H18ClN5O3/c1-13-10-20(31)28-22(25-21(26-28)17-8-3-4-9-18(17)23)27(13)12-19(30)24-16-7-5-6-15(11-16)14(2)29/h3-11H,12H2,1-2H3,(H,24,30). The third-order valence-electron chi connectivity index (χ3n) is 4.77. The van der Waals surface area contributed by atoms with Crippen LogP contribution >= 0.6 is 11.6 Å². The normalized spacial score (nSPS) is 10.9. The number of hydrogen-bond donors (Lipinski definition) is 1. The molecule has 0 saturated heterocycles. The Morgan fingerprint density at radius 1 is 1.10 bits per heavy atom. The molecule has 4 rings (SSSR count). The van der Waals surface area contributed by atoms with E-state index in [1.165, 1.54) is 13.0 Å². The molecule has 0 aliphatic heterocycles. The molecule has 0 aliphatic carbocycles. The molecule has 0 unspecified atom stereocenters. The van der Waals surface area contributed by atoms with E-state index in [0.29, 0.717) is 27.5 Å². The van der Waals surface area contributed by atoms with Crippen molar-refractivity contribution in [3.8, 4) is 11.4 Å². The van der Waals surface area contributed by atoms with Crippen molar-refractivity contribution in [2.45, 2.75) is 20.4 Å². The minimum Gasteiger partial charge on any atom is -0.325 e. The van der Waals surface area contributed by atoms with Crippen molar-refractivity contribution in [3.05, 3.63) is 81.2 Å². The van der Waals surface area contributed by atoms with E-state index in [-0.39, 0.29) is 35.4 Å². The van der Waals surface area contributed by atoms with Gasteiger partial charge >= 0.3 is 0 Å². The SMILES string of the molecule is CC(=O)c1cccc(NC(=O)Cn2c(C)cc(=O)n3nc(-c4ccccc4Cl)nc23)c1. The van der Waals surface area contributed by atoms with Gasteiger partial charge in [0.25, 0.3) is 5.56 Å². The number of nitrogens with zero attached hydrogens (tertiary/aromatic N) is 4. The van der Waals surface area contributed by atoms with E-state index in [1.54, 1.807) is 60.0 Å². The summed E-state index contributed by atoms with van der Waals surface area (Å²) >= 11 is 6.24. The van der Waals surface area contributed by atoms with Crippen LogP contribution in [0, 0.1) is 6.92 Å². The molecule has 9 heteroatoms. The van der Waals surface area contributed by atoms with Gasteiger partial charge < -0.3 is 9.88 Å². The molecule has 8 nitrogen and oxygen atoms in total. The van der Waals surface area contributed by atoms with Crippen molar-refractivity contribution < 1.29 is 9.59 Å². The summed E-state index contributed by atoms with van der Waals surface area (Å²) in [6.45, 7) is 3.08. The maximum absolute atomic E-state index is 12.7. The first-order chi connectivity index (χ1) is 14.8. The van der Waals surface area contributed by atoms with Gasteiger partial charge in [-0.25, -0.2) is 0 Å². The number of aryl methyl sites for hydroxylation is 1. The topological polar surface area (TPSA) is 98.4 Å². The van der Waals surface area contributed by atoms with Crippen molar-refractivity contribution in [3.63, 3.8) is 0 Å². The average Bonchev–Trinajstić information content (AvgIpc) is 3.17. The average molecular weight is 436 g/mol. The maximum atomic E-state index is 12.7. The van der Waals surface area contributed by atoms with Gasteiger partial charge in [-0.1, -0.05) is 35.9 Å². The second kappa shape index (κ2) is 8.16. The predicted molar refractivity (Wildman–Crippen MR) is 118 cm³/mol. The summed E-state index contributed by atoms with van der Waals surface area (Å²) in [5.41, 5.74) is 1.79. The van der Waals surface area contributed by atoms with Crippen molar-refractivity contribution in [2.75, 3.05) is 5.32 Å². The van der Waals surface area contributed by atoms with Crippen LogP contribution in [0.25, 0.3) is 17.2 Å². The molecule has 0 saturated carbocycles. The first kappa shape index (κ1) is 20.5. The molecule has 0 spiro atoms. The highest BCUT2D eigenvalue weighted by atomic mass is 35.5. The summed E-state index contributed by atoms with van der Waals surface area (Å²) in [6.07, 6.45) is 0. The van der Waals surface area contributed by atoms with Crippen LogP contribution in [-0.4, -0.2) is 30.9 Å². The Balaban J connectivity index is 1.69. The van der Waals surface area contributed by atoms with E-state index in [4.69, 9.17) is 11.6 Å². The molecule has 0 radical (unpaired) electrons. The van der Waals surface area contributed by atoms with Crippen LogP contribution in [-0.2, 0) is 11.3 Å². The molecule has 2 aromatic carbocycles. The van der Waals surface area contributed by atoms with E-state index in [1.807, 2.05) is 0 Å². The Morgan fingerprint density at radius 2 is 1.87 bits per heavy atom. The number of amides is 1. The van der Waals surface area contributed by atoms with Crippen molar-refractivity contribution in [1.82, 2.24) is 19.2 Å². The number of halogens is 1. The van der Waals surface area contributed by atoms with Crippen molar-refractivity contribution >= 4 is 34.8 Å². The lowest BCUT2D eigenvalue weighted by Crippen LogP contribution is -2.25. The lowest BCUT2D eigenvalue weighted by molar-refractivity contribution is -0.116. The van der Waals surface area contributed by atoms with Gasteiger partial charge in [0.1, 0.15) is 6.54 Å². The largest absolute Gasteiger partial charge is 0.325 e. The minimum atomic E-state index is -0.357. The second-order valence-electron chi connectivity index (χ2n) is 7.02. The van der Waals surface area contributed by atoms with E-state index in [9.17, 15) is 14.4 Å². The quantitative estimate of drug-likeness (QED) is 0.485. The van der Waals surface area contributed by atoms with Crippen molar-refractivity contribution in [1.29, 1.82) is 0 Å². The smallest absolute Gasteiger partial charge is 0.275 e. The van der Waals surface area contributed by atoms with E-state index in [2.05, 4.69) is 15.4 Å². The molecular formula is C22H18ClN5O3. The van der Waals surface area contributed by atoms with Crippen molar-refractivity contribution in [2.24, 2.45) is 0 Å². The maximum Gasteiger partial charge on any atom is 0.275 e. The fourth-order valence-electron chi connectivity index (χ4n) is 3.21. The number of rotatable bonds is 5. The monoisotopic (exact) mass is 435 g/mol. The Kier molecular flexibility index (Phi) is 5.39. The van der Waals surface area contributed by atoms with Gasteiger partial charge in [-0.2, -0.15) is 9.50 Å². The number of Topliss-reactive ketones (excluding diaryl/α,β-unsaturated/α-hetero) is 1. The zero-order chi connectivity index (χ0) is 22.1. The van der Waals surface area contributed by atoms with Crippen LogP contribution in [0.4, 0.5) is 5.69 Å². The van der Waals surface area contributed by atoms with Crippen LogP contribution in [0.1, 0.15) is 23.0 Å². The lowest BCUT2D eigenvalue weighted by atomic mass is 10.1. The first-order valence-corrected chi connectivity index (χ1v) is 9.84. The van der Waals surface area contributed by atoms with Gasteiger partial charge in [0.2, 0.25) is 11.7 Å². The Bertz CT molecular complexity index is 1390. The second-order valence-corrected chi connectivity index (χ2v) is 7.43. The number of carbonyl (C=O) groups excluding carboxylic acids is 2. The Morgan fingerprint density at radius 3 is 2.61 bits per heavy atom. The van der Waals surface area contributed by atoms with E-state index >= 15 is 0 Å². The third-order valence-corrected chi connectivity index (χ3v) is 5.10. The summed E-state index contributed by atoms with van der Waals surface area (Å²) in [5, 5.41) is 7.51. The number of nitrogens with one attached hydrogen (secondary N) is 1. The highest BCUT2D eigenvalue weighted by Crippen LogP contribution is 2.25. The third kappa shape index (κ3) is 4.10. The van der Waals surface area contributed by atoms with Gasteiger partial charge in [-0.15, -0.1) is 5.10 Å². The molecule has 0 fully saturated rings. The molecule has 31 heavy (non-hydrogen) atoms. The lowest BCUT2D eigenvalue weighted by Gasteiger charge is -2.12. The summed E-state index contributed by atoms with van der Waals surface area (Å²) in [7, 11) is 0. The summed E-state index contributed by atoms with van der Waals surface area (Å²) in [6, 6.07) is 15.1. The van der Waals surface area contributed by atoms with Gasteiger partial charge in [-0.3, -0.25) is 14.4 Å². The number of anilines is 1. The molecule has 0 aliphatic rings. The number of hydrogen-bond acceptors (Lipinski definition) is 5. The van der Waals surface area contributed by atoms with Gasteiger partial charge in [-0.05, 0) is 38.1 Å². The zero-order valence-electron chi connectivity index (χ0n) is 16.8. The molecule has 2 aromatic heterocycles. The molecule has 0 bridgehead atoms. The Labute approximate surface area is 182 Å². The number of ketones is 1. The van der Waals surface area contributed by atoms with E-state index in [0.717, 1.165) is 4.52 Å². The molecule has 4 aromatic rings. The molecule has 2 heterocycles. The fourth-order valence-corrected chi connectivity index (χ4v) is 3.43. The minimum absolute atomic E-state index is 0.0929. The van der Waals surface area contributed by atoms with Gasteiger partial charge in [0.15, 0.2) is 11.6 Å². The highest BCUT2D eigenvalue weighted by molar-refractivity contribution is 6.33. The summed E-state index contributed by atoms with van der Waals surface area (Å²) in [5.74, 6) is 0.0884. The molecule has 156 valence electrons. The molecule has 1 amide bonds. The van der Waals surface area contributed by atoms with Crippen LogP contribution in [0.2, 0.25) is 5.02 Å².